The van der Waals surface area contributed by atoms with Crippen molar-refractivity contribution in [1.29, 1.82) is 0 Å². The Labute approximate surface area is 103 Å². The first-order chi connectivity index (χ1) is 8.08. The molecular formula is C14H21NO2. The van der Waals surface area contributed by atoms with Crippen LogP contribution in [-0.2, 0) is 0 Å². The molecule has 2 N–H and O–H groups in total. The molecule has 0 heterocycles. The summed E-state index contributed by atoms with van der Waals surface area (Å²) in [5.41, 5.74) is 1.12. The van der Waals surface area contributed by atoms with Crippen LogP contribution in [0.4, 0.5) is 0 Å². The van der Waals surface area contributed by atoms with E-state index < -0.39 is 5.54 Å². The van der Waals surface area contributed by atoms with Crippen molar-refractivity contribution < 1.29 is 9.90 Å². The quantitative estimate of drug-likeness (QED) is 0.822. The van der Waals surface area contributed by atoms with E-state index in [1.807, 2.05) is 39.0 Å². The Morgan fingerprint density at radius 1 is 1.29 bits per heavy atom. The van der Waals surface area contributed by atoms with E-state index in [0.717, 1.165) is 18.4 Å². The Balaban J connectivity index is 2.89. The zero-order valence-electron chi connectivity index (χ0n) is 10.8. The molecule has 0 atom stereocenters. The lowest BCUT2D eigenvalue weighted by Crippen LogP contribution is -2.50. The van der Waals surface area contributed by atoms with Crippen LogP contribution in [0.5, 0.6) is 0 Å². The summed E-state index contributed by atoms with van der Waals surface area (Å²) in [5.74, 6) is -0.110. The average molecular weight is 235 g/mol. The normalized spacial score (nSPS) is 11.3. The van der Waals surface area contributed by atoms with E-state index in [2.05, 4.69) is 5.32 Å². The summed E-state index contributed by atoms with van der Waals surface area (Å²) in [6, 6.07) is 7.47. The maximum Gasteiger partial charge on any atom is 0.252 e. The lowest BCUT2D eigenvalue weighted by atomic mass is 9.93. The lowest BCUT2D eigenvalue weighted by Gasteiger charge is -2.31. The second-order valence-electron chi connectivity index (χ2n) is 4.41. The first kappa shape index (κ1) is 13.7. The molecule has 94 valence electrons. The van der Waals surface area contributed by atoms with Gasteiger partial charge >= 0.3 is 0 Å². The van der Waals surface area contributed by atoms with Crippen molar-refractivity contribution in [2.75, 3.05) is 6.61 Å². The predicted molar refractivity (Wildman–Crippen MR) is 69.0 cm³/mol. The van der Waals surface area contributed by atoms with Crippen molar-refractivity contribution in [2.24, 2.45) is 0 Å². The van der Waals surface area contributed by atoms with Crippen molar-refractivity contribution >= 4 is 5.91 Å². The van der Waals surface area contributed by atoms with Crippen LogP contribution in [0.2, 0.25) is 0 Å². The van der Waals surface area contributed by atoms with Gasteiger partial charge in [0.25, 0.3) is 5.91 Å². The molecule has 3 nitrogen and oxygen atoms in total. The van der Waals surface area contributed by atoms with Gasteiger partial charge in [-0.3, -0.25) is 4.79 Å². The number of carbonyl (C=O) groups excluding carboxylic acids is 1. The summed E-state index contributed by atoms with van der Waals surface area (Å²) >= 11 is 0. The minimum atomic E-state index is -0.501. The summed E-state index contributed by atoms with van der Waals surface area (Å²) in [7, 11) is 0. The number of hydrogen-bond acceptors (Lipinski definition) is 2. The lowest BCUT2D eigenvalue weighted by molar-refractivity contribution is 0.0817. The van der Waals surface area contributed by atoms with E-state index in [1.54, 1.807) is 6.07 Å². The molecule has 0 unspecified atom stereocenters. The molecule has 0 aromatic heterocycles. The maximum absolute atomic E-state index is 12.1. The number of rotatable bonds is 5. The Morgan fingerprint density at radius 2 is 1.88 bits per heavy atom. The Kier molecular flexibility index (Phi) is 4.70. The highest BCUT2D eigenvalue weighted by molar-refractivity contribution is 5.96. The molecule has 0 aliphatic heterocycles. The molecule has 0 radical (unpaired) electrons. The molecule has 17 heavy (non-hydrogen) atoms. The van der Waals surface area contributed by atoms with Gasteiger partial charge in [0, 0.05) is 5.56 Å². The van der Waals surface area contributed by atoms with Crippen LogP contribution in [0.15, 0.2) is 24.3 Å². The van der Waals surface area contributed by atoms with Crippen LogP contribution in [0, 0.1) is 6.92 Å². The van der Waals surface area contributed by atoms with Crippen molar-refractivity contribution in [3.05, 3.63) is 35.4 Å². The fraction of sp³-hybridized carbons (Fsp3) is 0.500. The number of aliphatic hydroxyl groups is 1. The monoisotopic (exact) mass is 235 g/mol. The third-order valence-corrected chi connectivity index (χ3v) is 3.42. The molecule has 0 spiro atoms. The Hall–Kier alpha value is -1.35. The molecule has 1 aromatic carbocycles. The minimum absolute atomic E-state index is 0.0301. The van der Waals surface area contributed by atoms with Crippen molar-refractivity contribution in [1.82, 2.24) is 5.32 Å². The van der Waals surface area contributed by atoms with E-state index in [9.17, 15) is 9.90 Å². The smallest absolute Gasteiger partial charge is 0.252 e. The van der Waals surface area contributed by atoms with Gasteiger partial charge in [0.15, 0.2) is 0 Å². The SMILES string of the molecule is CCC(CC)(CO)NC(=O)c1ccccc1C. The third-order valence-electron chi connectivity index (χ3n) is 3.42. The van der Waals surface area contributed by atoms with E-state index >= 15 is 0 Å². The first-order valence-corrected chi connectivity index (χ1v) is 6.07. The topological polar surface area (TPSA) is 49.3 Å². The largest absolute Gasteiger partial charge is 0.394 e. The number of amides is 1. The van der Waals surface area contributed by atoms with Crippen molar-refractivity contribution in [3.63, 3.8) is 0 Å². The summed E-state index contributed by atoms with van der Waals surface area (Å²) in [4.78, 5) is 12.1. The molecule has 1 aromatic rings. The number of benzene rings is 1. The zero-order valence-corrected chi connectivity index (χ0v) is 10.8. The highest BCUT2D eigenvalue weighted by atomic mass is 16.3. The van der Waals surface area contributed by atoms with Gasteiger partial charge in [-0.2, -0.15) is 0 Å². The molecule has 0 aliphatic carbocycles. The molecule has 1 rings (SSSR count). The van der Waals surface area contributed by atoms with E-state index in [1.165, 1.54) is 0 Å². The van der Waals surface area contributed by atoms with Gasteiger partial charge in [0.2, 0.25) is 0 Å². The Bertz CT molecular complexity index is 375. The van der Waals surface area contributed by atoms with E-state index in [4.69, 9.17) is 0 Å². The fourth-order valence-corrected chi connectivity index (χ4v) is 1.83. The van der Waals surface area contributed by atoms with Crippen LogP contribution >= 0.6 is 0 Å². The van der Waals surface area contributed by atoms with Crippen LogP contribution in [0.25, 0.3) is 0 Å². The molecule has 0 aliphatic rings. The van der Waals surface area contributed by atoms with Gasteiger partial charge in [0.05, 0.1) is 12.1 Å². The van der Waals surface area contributed by atoms with Gasteiger partial charge in [-0.05, 0) is 31.4 Å². The van der Waals surface area contributed by atoms with Crippen LogP contribution in [0.1, 0.15) is 42.6 Å². The average Bonchev–Trinajstić information content (AvgIpc) is 2.36. The first-order valence-electron chi connectivity index (χ1n) is 6.07. The fourth-order valence-electron chi connectivity index (χ4n) is 1.83. The zero-order chi connectivity index (χ0) is 12.9. The van der Waals surface area contributed by atoms with Crippen molar-refractivity contribution in [2.45, 2.75) is 39.2 Å². The molecule has 0 fully saturated rings. The highest BCUT2D eigenvalue weighted by Crippen LogP contribution is 2.16. The summed E-state index contributed by atoms with van der Waals surface area (Å²) in [5, 5.41) is 12.4. The molecule has 3 heteroatoms. The van der Waals surface area contributed by atoms with Gasteiger partial charge in [-0.15, -0.1) is 0 Å². The highest BCUT2D eigenvalue weighted by Gasteiger charge is 2.27. The van der Waals surface area contributed by atoms with Crippen molar-refractivity contribution in [3.8, 4) is 0 Å². The molecular weight excluding hydrogens is 214 g/mol. The van der Waals surface area contributed by atoms with Crippen LogP contribution < -0.4 is 5.32 Å². The van der Waals surface area contributed by atoms with Gasteiger partial charge in [-0.25, -0.2) is 0 Å². The summed E-state index contributed by atoms with van der Waals surface area (Å²) < 4.78 is 0. The van der Waals surface area contributed by atoms with E-state index in [0.29, 0.717) is 5.56 Å². The number of carbonyl (C=O) groups is 1. The number of nitrogens with one attached hydrogen (secondary N) is 1. The van der Waals surface area contributed by atoms with Gasteiger partial charge in [0.1, 0.15) is 0 Å². The maximum atomic E-state index is 12.1. The summed E-state index contributed by atoms with van der Waals surface area (Å²) in [6.45, 7) is 5.82. The van der Waals surface area contributed by atoms with Crippen LogP contribution in [-0.4, -0.2) is 23.2 Å². The Morgan fingerprint density at radius 3 is 2.35 bits per heavy atom. The predicted octanol–water partition coefficient (Wildman–Crippen LogP) is 2.28. The van der Waals surface area contributed by atoms with Crippen LogP contribution in [0.3, 0.4) is 0 Å². The van der Waals surface area contributed by atoms with Gasteiger partial charge < -0.3 is 10.4 Å². The molecule has 0 saturated heterocycles. The van der Waals surface area contributed by atoms with Gasteiger partial charge in [-0.1, -0.05) is 32.0 Å². The molecule has 0 bridgehead atoms. The minimum Gasteiger partial charge on any atom is -0.394 e. The molecule has 1 amide bonds. The third kappa shape index (κ3) is 3.07. The number of hydrogen-bond donors (Lipinski definition) is 2. The van der Waals surface area contributed by atoms with E-state index in [-0.39, 0.29) is 12.5 Å². The second-order valence-corrected chi connectivity index (χ2v) is 4.41. The second kappa shape index (κ2) is 5.82. The number of aryl methyl sites for hydroxylation is 1. The standard InChI is InChI=1S/C14H21NO2/c1-4-14(5-2,10-16)15-13(17)12-9-7-6-8-11(12)3/h6-9,16H,4-5,10H2,1-3H3,(H,15,17). The summed E-state index contributed by atoms with van der Waals surface area (Å²) in [6.07, 6.45) is 1.44. The number of aliphatic hydroxyl groups excluding tert-OH is 1. The molecule has 0 saturated carbocycles.